The van der Waals surface area contributed by atoms with Crippen molar-refractivity contribution >= 4 is 33.0 Å². The first-order valence-electron chi connectivity index (χ1n) is 13.1. The van der Waals surface area contributed by atoms with E-state index in [1.165, 1.54) is 5.56 Å². The van der Waals surface area contributed by atoms with Crippen LogP contribution in [0.4, 0.5) is 0 Å². The van der Waals surface area contributed by atoms with Gasteiger partial charge in [-0.15, -0.1) is 0 Å². The van der Waals surface area contributed by atoms with Gasteiger partial charge in [-0.25, -0.2) is 4.98 Å². The molecule has 0 bridgehead atoms. The lowest BCUT2D eigenvalue weighted by atomic mass is 9.87. The second-order valence-electron chi connectivity index (χ2n) is 10.9. The van der Waals surface area contributed by atoms with Crippen molar-refractivity contribution in [1.29, 1.82) is 0 Å². The minimum absolute atomic E-state index is 0.0925. The number of fused-ring (bicyclic) bond motifs is 4. The Labute approximate surface area is 222 Å². The summed E-state index contributed by atoms with van der Waals surface area (Å²) in [6, 6.07) is 40.4. The molecule has 0 spiro atoms. The highest BCUT2D eigenvalue weighted by atomic mass is 16.3. The quantitative estimate of drug-likeness (QED) is 0.246. The van der Waals surface area contributed by atoms with Crippen molar-refractivity contribution in [3.63, 3.8) is 0 Å². The third kappa shape index (κ3) is 3.62. The van der Waals surface area contributed by atoms with Gasteiger partial charge in [-0.3, -0.25) is 4.57 Å². The van der Waals surface area contributed by atoms with Crippen LogP contribution in [0.25, 0.3) is 61.2 Å². The fourth-order valence-electron chi connectivity index (χ4n) is 5.42. The van der Waals surface area contributed by atoms with Gasteiger partial charge in [0, 0.05) is 22.0 Å². The molecule has 0 N–H and O–H groups in total. The molecule has 0 aliphatic carbocycles. The summed E-state index contributed by atoms with van der Waals surface area (Å²) in [6.07, 6.45) is 0. The van der Waals surface area contributed by atoms with E-state index < -0.39 is 0 Å². The second kappa shape index (κ2) is 8.46. The zero-order chi connectivity index (χ0) is 25.9. The SMILES string of the molecule is CC(C)(C)c1ccc(-n2c(-c3cc(-c4ccccc4)c4c(c3)oc3ccccc34)nc3ccccc32)cc1. The summed E-state index contributed by atoms with van der Waals surface area (Å²) in [5.74, 6) is 0.897. The van der Waals surface area contributed by atoms with E-state index in [-0.39, 0.29) is 5.41 Å². The Morgan fingerprint density at radius 3 is 2.16 bits per heavy atom. The third-order valence-corrected chi connectivity index (χ3v) is 7.37. The molecule has 5 aromatic carbocycles. The molecular formula is C35H28N2O. The number of furan rings is 1. The number of para-hydroxylation sites is 3. The zero-order valence-electron chi connectivity index (χ0n) is 21.8. The van der Waals surface area contributed by atoms with Gasteiger partial charge >= 0.3 is 0 Å². The topological polar surface area (TPSA) is 31.0 Å². The molecule has 0 fully saturated rings. The van der Waals surface area contributed by atoms with Gasteiger partial charge in [-0.05, 0) is 64.6 Å². The minimum atomic E-state index is 0.0925. The molecule has 0 atom stereocenters. The summed E-state index contributed by atoms with van der Waals surface area (Å²) < 4.78 is 8.68. The van der Waals surface area contributed by atoms with Crippen LogP contribution < -0.4 is 0 Å². The number of benzene rings is 5. The molecule has 0 unspecified atom stereocenters. The van der Waals surface area contributed by atoms with E-state index >= 15 is 0 Å². The Morgan fingerprint density at radius 2 is 1.37 bits per heavy atom. The van der Waals surface area contributed by atoms with Crippen molar-refractivity contribution in [3.8, 4) is 28.2 Å². The number of imidazole rings is 1. The van der Waals surface area contributed by atoms with Crippen LogP contribution in [-0.2, 0) is 5.41 Å². The van der Waals surface area contributed by atoms with E-state index in [2.05, 4.69) is 122 Å². The van der Waals surface area contributed by atoms with Crippen LogP contribution in [-0.4, -0.2) is 9.55 Å². The first kappa shape index (κ1) is 22.6. The van der Waals surface area contributed by atoms with E-state index in [0.717, 1.165) is 61.2 Å². The van der Waals surface area contributed by atoms with Crippen molar-refractivity contribution in [2.75, 3.05) is 0 Å². The van der Waals surface area contributed by atoms with Gasteiger partial charge in [0.2, 0.25) is 0 Å². The van der Waals surface area contributed by atoms with E-state index in [1.54, 1.807) is 0 Å². The smallest absolute Gasteiger partial charge is 0.145 e. The van der Waals surface area contributed by atoms with Gasteiger partial charge in [0.05, 0.1) is 11.0 Å². The minimum Gasteiger partial charge on any atom is -0.456 e. The Morgan fingerprint density at radius 1 is 0.658 bits per heavy atom. The van der Waals surface area contributed by atoms with E-state index in [0.29, 0.717) is 0 Å². The predicted molar refractivity (Wildman–Crippen MR) is 158 cm³/mol. The van der Waals surface area contributed by atoms with Crippen LogP contribution in [0.2, 0.25) is 0 Å². The van der Waals surface area contributed by atoms with E-state index in [9.17, 15) is 0 Å². The first-order chi connectivity index (χ1) is 18.5. The molecule has 7 rings (SSSR count). The highest BCUT2D eigenvalue weighted by Crippen LogP contribution is 2.41. The monoisotopic (exact) mass is 492 g/mol. The van der Waals surface area contributed by atoms with Crippen LogP contribution in [0.3, 0.4) is 0 Å². The third-order valence-electron chi connectivity index (χ3n) is 7.37. The Kier molecular flexibility index (Phi) is 5.02. The maximum Gasteiger partial charge on any atom is 0.145 e. The Balaban J connectivity index is 1.53. The molecule has 3 heteroatoms. The fourth-order valence-corrected chi connectivity index (χ4v) is 5.42. The van der Waals surface area contributed by atoms with Crippen LogP contribution in [0.15, 0.2) is 120 Å². The summed E-state index contributed by atoms with van der Waals surface area (Å²) in [7, 11) is 0. The lowest BCUT2D eigenvalue weighted by molar-refractivity contribution is 0.590. The number of hydrogen-bond donors (Lipinski definition) is 0. The van der Waals surface area contributed by atoms with E-state index in [4.69, 9.17) is 9.40 Å². The number of aromatic nitrogens is 2. The van der Waals surface area contributed by atoms with E-state index in [1.807, 2.05) is 18.2 Å². The standard InChI is InChI=1S/C35H28N2O/c1-35(2,3)25-17-19-26(20-18-25)37-30-15-9-8-14-29(30)36-34(37)24-21-28(23-11-5-4-6-12-23)33-27-13-7-10-16-31(27)38-32(33)22-24/h4-22H,1-3H3. The van der Waals surface area contributed by atoms with Crippen LogP contribution >= 0.6 is 0 Å². The molecule has 38 heavy (non-hydrogen) atoms. The normalized spacial score (nSPS) is 12.1. The maximum atomic E-state index is 6.41. The van der Waals surface area contributed by atoms with Gasteiger partial charge < -0.3 is 4.42 Å². The molecule has 0 amide bonds. The lowest BCUT2D eigenvalue weighted by Crippen LogP contribution is -2.11. The molecule has 0 saturated carbocycles. The van der Waals surface area contributed by atoms with Crippen LogP contribution in [0.1, 0.15) is 26.3 Å². The summed E-state index contributed by atoms with van der Waals surface area (Å²) >= 11 is 0. The molecule has 3 nitrogen and oxygen atoms in total. The maximum absolute atomic E-state index is 6.41. The molecule has 0 aliphatic rings. The fraction of sp³-hybridized carbons (Fsp3) is 0.114. The molecule has 0 saturated heterocycles. The lowest BCUT2D eigenvalue weighted by Gasteiger charge is -2.19. The van der Waals surface area contributed by atoms with Gasteiger partial charge in [-0.2, -0.15) is 0 Å². The van der Waals surface area contributed by atoms with Crippen molar-refractivity contribution in [2.24, 2.45) is 0 Å². The molecule has 184 valence electrons. The first-order valence-corrected chi connectivity index (χ1v) is 13.1. The van der Waals surface area contributed by atoms with Gasteiger partial charge in [-0.1, -0.05) is 93.6 Å². The summed E-state index contributed by atoms with van der Waals surface area (Å²) in [5.41, 5.74) is 9.61. The summed E-state index contributed by atoms with van der Waals surface area (Å²) in [6.45, 7) is 6.73. The molecule has 0 radical (unpaired) electrons. The van der Waals surface area contributed by atoms with Crippen LogP contribution in [0, 0.1) is 0 Å². The number of rotatable bonds is 3. The van der Waals surface area contributed by atoms with Gasteiger partial charge in [0.25, 0.3) is 0 Å². The Bertz CT molecular complexity index is 1930. The molecule has 2 heterocycles. The van der Waals surface area contributed by atoms with Crippen molar-refractivity contribution in [3.05, 3.63) is 121 Å². The number of nitrogens with zero attached hydrogens (tertiary/aromatic N) is 2. The Hall–Kier alpha value is -4.63. The zero-order valence-corrected chi connectivity index (χ0v) is 21.8. The summed E-state index contributed by atoms with van der Waals surface area (Å²) in [4.78, 5) is 5.15. The van der Waals surface area contributed by atoms with Crippen LogP contribution in [0.5, 0.6) is 0 Å². The molecule has 7 aromatic rings. The molecular weight excluding hydrogens is 464 g/mol. The van der Waals surface area contributed by atoms with Crippen molar-refractivity contribution < 1.29 is 4.42 Å². The summed E-state index contributed by atoms with van der Waals surface area (Å²) in [5, 5.41) is 2.26. The largest absolute Gasteiger partial charge is 0.456 e. The predicted octanol–water partition coefficient (Wildman–Crippen LogP) is 9.56. The average molecular weight is 493 g/mol. The highest BCUT2D eigenvalue weighted by Gasteiger charge is 2.20. The molecule has 0 aliphatic heterocycles. The van der Waals surface area contributed by atoms with Crippen molar-refractivity contribution in [1.82, 2.24) is 9.55 Å². The second-order valence-corrected chi connectivity index (χ2v) is 10.9. The molecule has 2 aromatic heterocycles. The average Bonchev–Trinajstić information content (AvgIpc) is 3.51. The van der Waals surface area contributed by atoms with Gasteiger partial charge in [0.1, 0.15) is 17.0 Å². The highest BCUT2D eigenvalue weighted by molar-refractivity contribution is 6.13. The van der Waals surface area contributed by atoms with Gasteiger partial charge in [0.15, 0.2) is 0 Å². The van der Waals surface area contributed by atoms with Crippen molar-refractivity contribution in [2.45, 2.75) is 26.2 Å². The number of hydrogen-bond acceptors (Lipinski definition) is 2.